The fraction of sp³-hybridized carbons (Fsp3) is 0.214. The van der Waals surface area contributed by atoms with Gasteiger partial charge in [0.1, 0.15) is 18.8 Å². The second-order valence-electron chi connectivity index (χ2n) is 8.32. The molecule has 1 aliphatic heterocycles. The summed E-state index contributed by atoms with van der Waals surface area (Å²) in [5, 5.41) is 0. The lowest BCUT2D eigenvalue weighted by Gasteiger charge is -2.21. The molecule has 0 bridgehead atoms. The van der Waals surface area contributed by atoms with Gasteiger partial charge in [0.05, 0.1) is 16.7 Å². The molecule has 1 aliphatic rings. The van der Waals surface area contributed by atoms with Gasteiger partial charge in [-0.15, -0.1) is 13.2 Å². The zero-order valence-corrected chi connectivity index (χ0v) is 20.6. The van der Waals surface area contributed by atoms with Crippen molar-refractivity contribution in [2.24, 2.45) is 4.99 Å². The van der Waals surface area contributed by atoms with Crippen LogP contribution >= 0.6 is 0 Å². The van der Waals surface area contributed by atoms with E-state index in [1.54, 1.807) is 54.6 Å². The number of carbonyl (C=O) groups excluding carboxylic acids is 3. The number of halogens is 3. The zero-order chi connectivity index (χ0) is 28.5. The molecule has 0 aromatic heterocycles. The highest BCUT2D eigenvalue weighted by atomic mass is 19.4. The van der Waals surface area contributed by atoms with Crippen molar-refractivity contribution >= 4 is 24.3 Å². The summed E-state index contributed by atoms with van der Waals surface area (Å²) in [4.78, 5) is 41.9. The lowest BCUT2D eigenvalue weighted by Crippen LogP contribution is -2.39. The molecular formula is C28H22F3NO8. The van der Waals surface area contributed by atoms with Crippen molar-refractivity contribution in [2.45, 2.75) is 30.9 Å². The van der Waals surface area contributed by atoms with E-state index < -0.39 is 55.4 Å². The molecule has 4 atom stereocenters. The minimum absolute atomic E-state index is 0.115. The molecule has 3 aromatic rings. The van der Waals surface area contributed by atoms with Gasteiger partial charge in [0.25, 0.3) is 0 Å². The van der Waals surface area contributed by atoms with E-state index in [1.165, 1.54) is 36.4 Å². The van der Waals surface area contributed by atoms with Crippen molar-refractivity contribution in [3.05, 3.63) is 108 Å². The van der Waals surface area contributed by atoms with Gasteiger partial charge in [-0.3, -0.25) is 0 Å². The van der Waals surface area contributed by atoms with E-state index in [4.69, 9.17) is 18.9 Å². The van der Waals surface area contributed by atoms with Crippen LogP contribution in [-0.2, 0) is 23.7 Å². The molecule has 40 heavy (non-hydrogen) atoms. The Morgan fingerprint density at radius 2 is 1.23 bits per heavy atom. The van der Waals surface area contributed by atoms with E-state index in [-0.39, 0.29) is 23.1 Å². The van der Waals surface area contributed by atoms with Crippen molar-refractivity contribution in [1.29, 1.82) is 0 Å². The minimum atomic E-state index is -5.05. The van der Waals surface area contributed by atoms with E-state index in [0.29, 0.717) is 0 Å². The van der Waals surface area contributed by atoms with E-state index in [1.807, 2.05) is 0 Å². The van der Waals surface area contributed by atoms with Gasteiger partial charge in [-0.05, 0) is 36.4 Å². The smallest absolute Gasteiger partial charge is 0.459 e. The summed E-state index contributed by atoms with van der Waals surface area (Å²) in [5.41, 5.74) is 0.461. The summed E-state index contributed by atoms with van der Waals surface area (Å²) in [6, 6.07) is 22.0. The van der Waals surface area contributed by atoms with E-state index >= 15 is 0 Å². The van der Waals surface area contributed by atoms with Crippen molar-refractivity contribution in [3.63, 3.8) is 0 Å². The lowest BCUT2D eigenvalue weighted by atomic mass is 10.1. The van der Waals surface area contributed by atoms with Crippen LogP contribution in [0.2, 0.25) is 0 Å². The maximum Gasteiger partial charge on any atom is 0.573 e. The maximum absolute atomic E-state index is 12.9. The molecule has 4 rings (SSSR count). The molecule has 0 aliphatic carbocycles. The van der Waals surface area contributed by atoms with Gasteiger partial charge in [0, 0.05) is 0 Å². The monoisotopic (exact) mass is 557 g/mol. The number of alkyl halides is 3. The van der Waals surface area contributed by atoms with Crippen molar-refractivity contribution < 1.29 is 51.2 Å². The molecule has 208 valence electrons. The Morgan fingerprint density at radius 1 is 0.750 bits per heavy atom. The number of esters is 3. The molecule has 1 saturated heterocycles. The Hall–Kier alpha value is -4.71. The average molecular weight is 557 g/mol. The zero-order valence-electron chi connectivity index (χ0n) is 20.6. The summed E-state index contributed by atoms with van der Waals surface area (Å²) in [7, 11) is 0. The van der Waals surface area contributed by atoms with E-state index in [9.17, 15) is 27.6 Å². The Morgan fingerprint density at radius 3 is 1.73 bits per heavy atom. The molecule has 9 nitrogen and oxygen atoms in total. The summed E-state index contributed by atoms with van der Waals surface area (Å²) in [6.07, 6.45) is -9.37. The summed E-state index contributed by atoms with van der Waals surface area (Å²) in [6.45, 7) is -0.527. The predicted molar refractivity (Wildman–Crippen MR) is 132 cm³/mol. The first-order chi connectivity index (χ1) is 19.2. The lowest BCUT2D eigenvalue weighted by molar-refractivity contribution is -0.280. The van der Waals surface area contributed by atoms with E-state index in [2.05, 4.69) is 9.73 Å². The molecule has 0 saturated carbocycles. The highest BCUT2D eigenvalue weighted by Crippen LogP contribution is 2.30. The fourth-order valence-corrected chi connectivity index (χ4v) is 3.73. The van der Waals surface area contributed by atoms with Crippen LogP contribution in [0.4, 0.5) is 13.2 Å². The van der Waals surface area contributed by atoms with Crippen LogP contribution < -0.4 is 0 Å². The van der Waals surface area contributed by atoms with Gasteiger partial charge >= 0.3 is 24.3 Å². The molecule has 1 unspecified atom stereocenters. The number of rotatable bonds is 9. The van der Waals surface area contributed by atoms with Crippen molar-refractivity contribution in [3.8, 4) is 0 Å². The minimum Gasteiger partial charge on any atom is -0.459 e. The molecule has 12 heteroatoms. The van der Waals surface area contributed by atoms with Gasteiger partial charge < -0.3 is 23.7 Å². The molecule has 0 N–H and O–H groups in total. The number of carbonyl (C=O) groups is 3. The van der Waals surface area contributed by atoms with Crippen molar-refractivity contribution in [2.75, 3.05) is 6.61 Å². The second-order valence-corrected chi connectivity index (χ2v) is 8.32. The molecule has 0 radical (unpaired) electrons. The third-order valence-electron chi connectivity index (χ3n) is 5.59. The molecule has 1 fully saturated rings. The topological polar surface area (TPSA) is 110 Å². The second kappa shape index (κ2) is 12.9. The summed E-state index contributed by atoms with van der Waals surface area (Å²) >= 11 is 0. The van der Waals surface area contributed by atoms with Gasteiger partial charge in [0.2, 0.25) is 6.29 Å². The largest absolute Gasteiger partial charge is 0.573 e. The molecule has 1 heterocycles. The van der Waals surface area contributed by atoms with Crippen LogP contribution in [0.5, 0.6) is 0 Å². The Balaban J connectivity index is 1.60. The van der Waals surface area contributed by atoms with Gasteiger partial charge in [0.15, 0.2) is 12.5 Å². The van der Waals surface area contributed by atoms with Gasteiger partial charge in [-0.2, -0.15) is 0 Å². The summed E-state index contributed by atoms with van der Waals surface area (Å²) in [5.74, 6) is -2.49. The fourth-order valence-electron chi connectivity index (χ4n) is 3.73. The number of hydrogen-bond donors (Lipinski definition) is 0. The average Bonchev–Trinajstić information content (AvgIpc) is 3.27. The van der Waals surface area contributed by atoms with Crippen LogP contribution in [0, 0.1) is 0 Å². The highest BCUT2D eigenvalue weighted by molar-refractivity contribution is 5.90. The third kappa shape index (κ3) is 7.67. The van der Waals surface area contributed by atoms with Crippen LogP contribution in [-0.4, -0.2) is 61.8 Å². The van der Waals surface area contributed by atoms with Gasteiger partial charge in [-0.1, -0.05) is 54.6 Å². The molecule has 0 spiro atoms. The predicted octanol–water partition coefficient (Wildman–Crippen LogP) is 4.58. The molecular weight excluding hydrogens is 535 g/mol. The maximum atomic E-state index is 12.9. The van der Waals surface area contributed by atoms with Crippen LogP contribution in [0.25, 0.3) is 0 Å². The van der Waals surface area contributed by atoms with Gasteiger partial charge in [-0.25, -0.2) is 19.4 Å². The molecule has 0 amide bonds. The number of nitrogens with zero attached hydrogens (tertiary/aromatic N) is 1. The standard InChI is InChI=1S/C28H22F3NO8/c29-28(30,31)37-17-32-22-21(16-36-24(33)18-10-4-1-5-11-18)38-27(40-26(35)20-14-8-3-9-15-20)23(22)39-25(34)19-12-6-2-7-13-19/h1-15,17,21-23,27H,16H2/t21-,22+,23?,27+/m1/s1. The van der Waals surface area contributed by atoms with Crippen LogP contribution in [0.1, 0.15) is 31.1 Å². The van der Waals surface area contributed by atoms with Crippen molar-refractivity contribution in [1.82, 2.24) is 0 Å². The highest BCUT2D eigenvalue weighted by Gasteiger charge is 2.50. The summed E-state index contributed by atoms with van der Waals surface area (Å²) < 4.78 is 63.6. The third-order valence-corrected chi connectivity index (χ3v) is 5.59. The number of aliphatic imine (C=N–C) groups is 1. The van der Waals surface area contributed by atoms with Crippen LogP contribution in [0.15, 0.2) is 96.0 Å². The number of hydrogen-bond acceptors (Lipinski definition) is 9. The quantitative estimate of drug-likeness (QED) is 0.163. The Kier molecular flexibility index (Phi) is 9.12. The van der Waals surface area contributed by atoms with Crippen LogP contribution in [0.3, 0.4) is 0 Å². The number of ether oxygens (including phenoxy) is 5. The first-order valence-electron chi connectivity index (χ1n) is 11.9. The first kappa shape index (κ1) is 28.3. The Labute approximate surface area is 226 Å². The number of benzene rings is 3. The van der Waals surface area contributed by atoms with E-state index in [0.717, 1.165) is 0 Å². The first-order valence-corrected chi connectivity index (χ1v) is 11.9. The Bertz CT molecular complexity index is 1320. The normalized spacial score (nSPS) is 20.6. The molecule has 3 aromatic carbocycles. The SMILES string of the molecule is O=C(OC[C@H]1O[C@@H](OC(=O)c2ccccc2)C(OC(=O)c2ccccc2)[C@H]1N=COC(F)(F)F)c1ccccc1.